The SMILES string of the molecule is O=C(CSc1csc(C(=O)O)c1)Nc1ccc(Br)cc1Cl. The maximum Gasteiger partial charge on any atom is 0.345 e. The lowest BCUT2D eigenvalue weighted by molar-refractivity contribution is -0.113. The van der Waals surface area contributed by atoms with Crippen molar-refractivity contribution in [2.75, 3.05) is 11.1 Å². The summed E-state index contributed by atoms with van der Waals surface area (Å²) >= 11 is 11.7. The Bertz CT molecular complexity index is 690. The van der Waals surface area contributed by atoms with Crippen LogP contribution in [0, 0.1) is 0 Å². The molecular weight excluding hydrogens is 398 g/mol. The van der Waals surface area contributed by atoms with Crippen LogP contribution in [0.1, 0.15) is 9.67 Å². The number of amides is 1. The average Bonchev–Trinajstić information content (AvgIpc) is 2.89. The number of carbonyl (C=O) groups is 2. The molecule has 0 unspecified atom stereocenters. The van der Waals surface area contributed by atoms with E-state index in [0.29, 0.717) is 10.7 Å². The number of hydrogen-bond acceptors (Lipinski definition) is 4. The van der Waals surface area contributed by atoms with E-state index in [1.807, 2.05) is 0 Å². The van der Waals surface area contributed by atoms with Crippen LogP contribution in [0.15, 0.2) is 39.0 Å². The quantitative estimate of drug-likeness (QED) is 0.713. The van der Waals surface area contributed by atoms with Gasteiger partial charge in [0, 0.05) is 14.7 Å². The molecule has 4 nitrogen and oxygen atoms in total. The van der Waals surface area contributed by atoms with Gasteiger partial charge < -0.3 is 10.4 Å². The van der Waals surface area contributed by atoms with Crippen LogP contribution >= 0.6 is 50.6 Å². The molecule has 2 N–H and O–H groups in total. The second-order valence-corrected chi connectivity index (χ2v) is 7.20. The van der Waals surface area contributed by atoms with Crippen molar-refractivity contribution in [3.8, 4) is 0 Å². The van der Waals surface area contributed by atoms with Gasteiger partial charge in [-0.25, -0.2) is 4.79 Å². The highest BCUT2D eigenvalue weighted by Gasteiger charge is 2.10. The van der Waals surface area contributed by atoms with Crippen LogP contribution in [-0.2, 0) is 4.79 Å². The second-order valence-electron chi connectivity index (χ2n) is 3.91. The van der Waals surface area contributed by atoms with Gasteiger partial charge in [0.05, 0.1) is 16.5 Å². The molecular formula is C13H9BrClNO3S2. The average molecular weight is 407 g/mol. The number of carboxylic acids is 1. The Hall–Kier alpha value is -1.02. The Morgan fingerprint density at radius 3 is 2.76 bits per heavy atom. The lowest BCUT2D eigenvalue weighted by Gasteiger charge is -2.07. The largest absolute Gasteiger partial charge is 0.477 e. The van der Waals surface area contributed by atoms with Crippen LogP contribution in [-0.4, -0.2) is 22.7 Å². The molecule has 0 saturated carbocycles. The van der Waals surface area contributed by atoms with Crippen LogP contribution in [0.2, 0.25) is 5.02 Å². The highest BCUT2D eigenvalue weighted by atomic mass is 79.9. The summed E-state index contributed by atoms with van der Waals surface area (Å²) in [5.41, 5.74) is 0.544. The van der Waals surface area contributed by atoms with Crippen LogP contribution in [0.3, 0.4) is 0 Å². The number of nitrogens with one attached hydrogen (secondary N) is 1. The summed E-state index contributed by atoms with van der Waals surface area (Å²) in [5.74, 6) is -0.979. The van der Waals surface area contributed by atoms with Crippen LogP contribution < -0.4 is 5.32 Å². The van der Waals surface area contributed by atoms with Gasteiger partial charge in [0.1, 0.15) is 4.88 Å². The third-order valence-corrected chi connectivity index (χ3v) is 5.21. The van der Waals surface area contributed by atoms with Gasteiger partial charge in [-0.3, -0.25) is 4.79 Å². The smallest absolute Gasteiger partial charge is 0.345 e. The zero-order valence-electron chi connectivity index (χ0n) is 10.4. The van der Waals surface area contributed by atoms with E-state index < -0.39 is 5.97 Å². The second kappa shape index (κ2) is 7.31. The molecule has 1 amide bonds. The van der Waals surface area contributed by atoms with Gasteiger partial charge in [-0.2, -0.15) is 0 Å². The molecule has 1 aromatic carbocycles. The molecule has 0 bridgehead atoms. The van der Waals surface area contributed by atoms with Crippen molar-refractivity contribution in [3.63, 3.8) is 0 Å². The van der Waals surface area contributed by atoms with Gasteiger partial charge in [0.2, 0.25) is 5.91 Å². The number of aromatic carboxylic acids is 1. The topological polar surface area (TPSA) is 66.4 Å². The fourth-order valence-electron chi connectivity index (χ4n) is 1.43. The molecule has 0 aliphatic carbocycles. The predicted molar refractivity (Wildman–Crippen MR) is 89.8 cm³/mol. The molecule has 0 aliphatic heterocycles. The highest BCUT2D eigenvalue weighted by molar-refractivity contribution is 9.10. The molecule has 0 atom stereocenters. The summed E-state index contributed by atoms with van der Waals surface area (Å²) in [5, 5.41) is 13.7. The summed E-state index contributed by atoms with van der Waals surface area (Å²) in [7, 11) is 0. The number of carbonyl (C=O) groups excluding carboxylic acids is 1. The number of rotatable bonds is 5. The molecule has 1 heterocycles. The number of thioether (sulfide) groups is 1. The third-order valence-electron chi connectivity index (χ3n) is 2.36. The van der Waals surface area contributed by atoms with Crippen molar-refractivity contribution >= 4 is 68.2 Å². The summed E-state index contributed by atoms with van der Waals surface area (Å²) in [6, 6.07) is 6.74. The van der Waals surface area contributed by atoms with Crippen molar-refractivity contribution in [2.45, 2.75) is 4.90 Å². The maximum atomic E-state index is 11.8. The van der Waals surface area contributed by atoms with Gasteiger partial charge in [0.15, 0.2) is 0 Å². The van der Waals surface area contributed by atoms with Gasteiger partial charge >= 0.3 is 5.97 Å². The highest BCUT2D eigenvalue weighted by Crippen LogP contribution is 2.27. The maximum absolute atomic E-state index is 11.8. The standard InChI is InChI=1S/C13H9BrClNO3S2/c14-7-1-2-10(9(15)3-7)16-12(17)6-20-8-4-11(13(18)19)21-5-8/h1-5H,6H2,(H,16,17)(H,18,19). The van der Waals surface area contributed by atoms with Crippen molar-refractivity contribution in [3.05, 3.63) is 44.0 Å². The minimum absolute atomic E-state index is 0.183. The van der Waals surface area contributed by atoms with Crippen molar-refractivity contribution in [2.24, 2.45) is 0 Å². The molecule has 0 saturated heterocycles. The number of benzene rings is 1. The molecule has 0 spiro atoms. The fourth-order valence-corrected chi connectivity index (χ4v) is 3.82. The Morgan fingerprint density at radius 2 is 2.14 bits per heavy atom. The first kappa shape index (κ1) is 16.4. The van der Waals surface area contributed by atoms with E-state index in [1.54, 1.807) is 29.6 Å². The van der Waals surface area contributed by atoms with Gasteiger partial charge in [-0.05, 0) is 24.3 Å². The number of hydrogen-bond donors (Lipinski definition) is 2. The molecule has 0 fully saturated rings. The van der Waals surface area contributed by atoms with Crippen LogP contribution in [0.5, 0.6) is 0 Å². The van der Waals surface area contributed by atoms with Crippen molar-refractivity contribution < 1.29 is 14.7 Å². The predicted octanol–water partition coefficient (Wildman–Crippen LogP) is 4.59. The molecule has 110 valence electrons. The van der Waals surface area contributed by atoms with E-state index in [-0.39, 0.29) is 16.5 Å². The van der Waals surface area contributed by atoms with E-state index in [9.17, 15) is 9.59 Å². The zero-order valence-corrected chi connectivity index (χ0v) is 14.4. The van der Waals surface area contributed by atoms with Gasteiger partial charge in [0.25, 0.3) is 0 Å². The van der Waals surface area contributed by atoms with Crippen molar-refractivity contribution in [1.29, 1.82) is 0 Å². The van der Waals surface area contributed by atoms with E-state index in [4.69, 9.17) is 16.7 Å². The third kappa shape index (κ3) is 4.74. The first-order valence-electron chi connectivity index (χ1n) is 5.65. The lowest BCUT2D eigenvalue weighted by Crippen LogP contribution is -2.14. The summed E-state index contributed by atoms with van der Waals surface area (Å²) < 4.78 is 0.833. The number of thiophene rings is 1. The van der Waals surface area contributed by atoms with E-state index in [0.717, 1.165) is 20.7 Å². The Kier molecular flexibility index (Phi) is 5.69. The lowest BCUT2D eigenvalue weighted by atomic mass is 10.3. The number of carboxylic acid groups (broad SMARTS) is 1. The molecule has 0 radical (unpaired) electrons. The molecule has 2 aromatic rings. The van der Waals surface area contributed by atoms with Crippen LogP contribution in [0.25, 0.3) is 0 Å². The number of halogens is 2. The Balaban J connectivity index is 1.91. The first-order valence-corrected chi connectivity index (χ1v) is 8.69. The van der Waals surface area contributed by atoms with Crippen molar-refractivity contribution in [1.82, 2.24) is 0 Å². The fraction of sp³-hybridized carbons (Fsp3) is 0.0769. The van der Waals surface area contributed by atoms with E-state index in [2.05, 4.69) is 21.2 Å². The van der Waals surface area contributed by atoms with E-state index >= 15 is 0 Å². The minimum Gasteiger partial charge on any atom is -0.477 e. The van der Waals surface area contributed by atoms with E-state index in [1.165, 1.54) is 11.8 Å². The Labute approximate surface area is 142 Å². The number of anilines is 1. The molecule has 1 aromatic heterocycles. The summed E-state index contributed by atoms with van der Waals surface area (Å²) in [6.07, 6.45) is 0. The van der Waals surface area contributed by atoms with Gasteiger partial charge in [-0.1, -0.05) is 27.5 Å². The first-order chi connectivity index (χ1) is 9.95. The molecule has 8 heteroatoms. The van der Waals surface area contributed by atoms with Crippen LogP contribution in [0.4, 0.5) is 5.69 Å². The molecule has 2 rings (SSSR count). The normalized spacial score (nSPS) is 10.4. The summed E-state index contributed by atoms with van der Waals surface area (Å²) in [4.78, 5) is 23.6. The van der Waals surface area contributed by atoms with Gasteiger partial charge in [-0.15, -0.1) is 23.1 Å². The monoisotopic (exact) mass is 405 g/mol. The zero-order chi connectivity index (χ0) is 15.4. The summed E-state index contributed by atoms with van der Waals surface area (Å²) in [6.45, 7) is 0. The minimum atomic E-state index is -0.960. The Morgan fingerprint density at radius 1 is 1.38 bits per heavy atom. The molecule has 21 heavy (non-hydrogen) atoms. The molecule has 0 aliphatic rings.